The van der Waals surface area contributed by atoms with Gasteiger partial charge in [0.15, 0.2) is 0 Å². The van der Waals surface area contributed by atoms with Gasteiger partial charge in [-0.05, 0) is 12.1 Å². The van der Waals surface area contributed by atoms with E-state index >= 15 is 0 Å². The lowest BCUT2D eigenvalue weighted by Gasteiger charge is -2.12. The minimum Gasteiger partial charge on any atom is -0.495 e. The number of nitrogens with one attached hydrogen (secondary N) is 1. The topological polar surface area (TPSA) is 62.1 Å². The zero-order chi connectivity index (χ0) is 12.8. The Labute approximate surface area is 105 Å². The fourth-order valence-corrected chi connectivity index (χ4v) is 1.33. The van der Waals surface area contributed by atoms with Gasteiger partial charge in [-0.15, -0.1) is 11.6 Å². The number of nitriles is 1. The molecule has 0 saturated carbocycles. The highest BCUT2D eigenvalue weighted by atomic mass is 35.5. The van der Waals surface area contributed by atoms with E-state index in [2.05, 4.69) is 5.32 Å². The number of rotatable bonds is 4. The first-order chi connectivity index (χ1) is 8.12. The molecule has 0 radical (unpaired) electrons. The molecule has 0 spiro atoms. The van der Waals surface area contributed by atoms with E-state index < -0.39 is 0 Å². The number of alkyl halides is 1. The van der Waals surface area contributed by atoms with Gasteiger partial charge in [0.25, 0.3) is 0 Å². The summed E-state index contributed by atoms with van der Waals surface area (Å²) in [6.07, 6.45) is 0. The van der Waals surface area contributed by atoms with Crippen LogP contribution in [0.15, 0.2) is 18.2 Å². The third-order valence-electron chi connectivity index (χ3n) is 2.27. The van der Waals surface area contributed by atoms with Crippen LogP contribution in [-0.4, -0.2) is 18.9 Å². The van der Waals surface area contributed by atoms with Crippen LogP contribution in [0.1, 0.15) is 12.5 Å². The van der Waals surface area contributed by atoms with E-state index in [9.17, 15) is 4.79 Å². The Morgan fingerprint density at radius 2 is 2.35 bits per heavy atom. The molecular weight excluding hydrogens is 240 g/mol. The summed E-state index contributed by atoms with van der Waals surface area (Å²) in [5.74, 6) is 0.254. The molecule has 0 aliphatic rings. The molecule has 0 aliphatic heterocycles. The second-order valence-electron chi connectivity index (χ2n) is 3.57. The van der Waals surface area contributed by atoms with Crippen LogP contribution in [0.2, 0.25) is 0 Å². The molecule has 1 aromatic carbocycles. The molecule has 0 aliphatic carbocycles. The van der Waals surface area contributed by atoms with Crippen LogP contribution in [0.4, 0.5) is 5.69 Å². The van der Waals surface area contributed by atoms with Crippen molar-refractivity contribution in [1.29, 1.82) is 5.26 Å². The van der Waals surface area contributed by atoms with Crippen LogP contribution in [0.5, 0.6) is 5.75 Å². The summed E-state index contributed by atoms with van der Waals surface area (Å²) in [6, 6.07) is 6.82. The van der Waals surface area contributed by atoms with Crippen LogP contribution < -0.4 is 10.1 Å². The number of halogens is 1. The Morgan fingerprint density at radius 3 is 2.88 bits per heavy atom. The molecule has 90 valence electrons. The number of hydrogen-bond donors (Lipinski definition) is 1. The van der Waals surface area contributed by atoms with Crippen LogP contribution in [0.3, 0.4) is 0 Å². The molecular formula is C12H13ClN2O2. The molecule has 1 rings (SSSR count). The van der Waals surface area contributed by atoms with Gasteiger partial charge in [-0.2, -0.15) is 5.26 Å². The SMILES string of the molecule is COc1cc(C#N)ccc1NC(=O)C(C)CCl. The van der Waals surface area contributed by atoms with Crippen LogP contribution in [-0.2, 0) is 4.79 Å². The lowest BCUT2D eigenvalue weighted by Crippen LogP contribution is -2.21. The lowest BCUT2D eigenvalue weighted by molar-refractivity contribution is -0.118. The number of nitrogens with zero attached hydrogens (tertiary/aromatic N) is 1. The second-order valence-corrected chi connectivity index (χ2v) is 3.88. The van der Waals surface area contributed by atoms with Crippen LogP contribution >= 0.6 is 11.6 Å². The van der Waals surface area contributed by atoms with E-state index in [1.54, 1.807) is 25.1 Å². The maximum atomic E-state index is 11.6. The van der Waals surface area contributed by atoms with Crippen molar-refractivity contribution in [3.63, 3.8) is 0 Å². The number of hydrogen-bond acceptors (Lipinski definition) is 3. The summed E-state index contributed by atoms with van der Waals surface area (Å²) in [5, 5.41) is 11.5. The Morgan fingerprint density at radius 1 is 1.65 bits per heavy atom. The normalized spacial score (nSPS) is 11.4. The molecule has 1 unspecified atom stereocenters. The molecule has 5 heteroatoms. The minimum atomic E-state index is -0.281. The molecule has 17 heavy (non-hydrogen) atoms. The number of methoxy groups -OCH3 is 1. The molecule has 0 saturated heterocycles. The number of carbonyl (C=O) groups is 1. The average molecular weight is 253 g/mol. The standard InChI is InChI=1S/C12H13ClN2O2/c1-8(6-13)12(16)15-10-4-3-9(7-14)5-11(10)17-2/h3-5,8H,6H2,1-2H3,(H,15,16). The van der Waals surface area contributed by atoms with Crippen molar-refractivity contribution >= 4 is 23.2 Å². The van der Waals surface area contributed by atoms with Crippen molar-refractivity contribution in [2.24, 2.45) is 5.92 Å². The largest absolute Gasteiger partial charge is 0.495 e. The Kier molecular flexibility index (Phi) is 4.80. The second kappa shape index (κ2) is 6.12. The van der Waals surface area contributed by atoms with Gasteiger partial charge in [-0.3, -0.25) is 4.79 Å². The van der Waals surface area contributed by atoms with Gasteiger partial charge in [0.05, 0.1) is 24.4 Å². The molecule has 1 atom stereocenters. The summed E-state index contributed by atoms with van der Waals surface area (Å²) in [4.78, 5) is 11.6. The molecule has 1 amide bonds. The van der Waals surface area contributed by atoms with Gasteiger partial charge >= 0.3 is 0 Å². The van der Waals surface area contributed by atoms with Crippen molar-refractivity contribution in [1.82, 2.24) is 0 Å². The lowest BCUT2D eigenvalue weighted by atomic mass is 10.1. The summed E-state index contributed by atoms with van der Waals surface area (Å²) in [7, 11) is 1.48. The van der Waals surface area contributed by atoms with Gasteiger partial charge < -0.3 is 10.1 Å². The molecule has 1 aromatic rings. The highest BCUT2D eigenvalue weighted by Crippen LogP contribution is 2.25. The minimum absolute atomic E-state index is 0.178. The third kappa shape index (κ3) is 3.36. The summed E-state index contributed by atoms with van der Waals surface area (Å²) in [6.45, 7) is 1.73. The predicted molar refractivity (Wildman–Crippen MR) is 66.2 cm³/mol. The maximum absolute atomic E-state index is 11.6. The third-order valence-corrected chi connectivity index (χ3v) is 2.73. The highest BCUT2D eigenvalue weighted by Gasteiger charge is 2.14. The molecule has 1 N–H and O–H groups in total. The van der Waals surface area contributed by atoms with E-state index in [-0.39, 0.29) is 17.7 Å². The fourth-order valence-electron chi connectivity index (χ4n) is 1.19. The smallest absolute Gasteiger partial charge is 0.228 e. The Bertz CT molecular complexity index is 454. The van der Waals surface area contributed by atoms with E-state index in [0.29, 0.717) is 17.0 Å². The molecule has 0 bridgehead atoms. The van der Waals surface area contributed by atoms with E-state index in [1.807, 2.05) is 6.07 Å². The predicted octanol–water partition coefficient (Wildman–Crippen LogP) is 2.38. The van der Waals surface area contributed by atoms with Gasteiger partial charge in [-0.25, -0.2) is 0 Å². The zero-order valence-electron chi connectivity index (χ0n) is 9.66. The summed E-state index contributed by atoms with van der Waals surface area (Å²) in [5.41, 5.74) is 1.01. The van der Waals surface area contributed by atoms with Crippen molar-refractivity contribution in [2.75, 3.05) is 18.3 Å². The zero-order valence-corrected chi connectivity index (χ0v) is 10.4. The first-order valence-electron chi connectivity index (χ1n) is 5.07. The van der Waals surface area contributed by atoms with Gasteiger partial charge in [0.1, 0.15) is 5.75 Å². The van der Waals surface area contributed by atoms with E-state index in [0.717, 1.165) is 0 Å². The number of carbonyl (C=O) groups excluding carboxylic acids is 1. The molecule has 0 aromatic heterocycles. The van der Waals surface area contributed by atoms with Crippen LogP contribution in [0, 0.1) is 17.2 Å². The molecule has 0 fully saturated rings. The highest BCUT2D eigenvalue weighted by molar-refractivity contribution is 6.19. The Hall–Kier alpha value is -1.73. The van der Waals surface area contributed by atoms with E-state index in [4.69, 9.17) is 21.6 Å². The van der Waals surface area contributed by atoms with Crippen molar-refractivity contribution in [2.45, 2.75) is 6.92 Å². The van der Waals surface area contributed by atoms with Crippen molar-refractivity contribution < 1.29 is 9.53 Å². The van der Waals surface area contributed by atoms with Gasteiger partial charge in [-0.1, -0.05) is 6.92 Å². The van der Waals surface area contributed by atoms with Crippen LogP contribution in [0.25, 0.3) is 0 Å². The summed E-state index contributed by atoms with van der Waals surface area (Å²) >= 11 is 5.60. The number of benzene rings is 1. The molecule has 0 heterocycles. The fraction of sp³-hybridized carbons (Fsp3) is 0.333. The van der Waals surface area contributed by atoms with Gasteiger partial charge in [0, 0.05) is 17.9 Å². The van der Waals surface area contributed by atoms with E-state index in [1.165, 1.54) is 7.11 Å². The average Bonchev–Trinajstić information content (AvgIpc) is 2.37. The first kappa shape index (κ1) is 13.3. The number of ether oxygens (including phenoxy) is 1. The quantitative estimate of drug-likeness (QED) is 0.837. The summed E-state index contributed by atoms with van der Waals surface area (Å²) < 4.78 is 5.10. The Balaban J connectivity index is 2.92. The van der Waals surface area contributed by atoms with Gasteiger partial charge in [0.2, 0.25) is 5.91 Å². The number of anilines is 1. The number of amides is 1. The monoisotopic (exact) mass is 252 g/mol. The maximum Gasteiger partial charge on any atom is 0.228 e. The first-order valence-corrected chi connectivity index (χ1v) is 5.60. The molecule has 4 nitrogen and oxygen atoms in total. The van der Waals surface area contributed by atoms with Crippen molar-refractivity contribution in [3.05, 3.63) is 23.8 Å². The van der Waals surface area contributed by atoms with Crippen molar-refractivity contribution in [3.8, 4) is 11.8 Å².